The van der Waals surface area contributed by atoms with E-state index in [4.69, 9.17) is 14.2 Å². The highest BCUT2D eigenvalue weighted by Gasteiger charge is 2.35. The van der Waals surface area contributed by atoms with Gasteiger partial charge in [-0.3, -0.25) is 0 Å². The second kappa shape index (κ2) is 7.85. The summed E-state index contributed by atoms with van der Waals surface area (Å²) in [5.74, 6) is 0.954. The summed E-state index contributed by atoms with van der Waals surface area (Å²) in [4.78, 5) is 0. The molecule has 1 heterocycles. The van der Waals surface area contributed by atoms with Gasteiger partial charge in [-0.05, 0) is 47.7 Å². The predicted molar refractivity (Wildman–Crippen MR) is 95.8 cm³/mol. The van der Waals surface area contributed by atoms with Gasteiger partial charge < -0.3 is 29.5 Å². The van der Waals surface area contributed by atoms with Crippen LogP contribution in [0.2, 0.25) is 0 Å². The third-order valence-electron chi connectivity index (χ3n) is 4.94. The molecule has 0 amide bonds. The Bertz CT molecular complexity index is 760. The van der Waals surface area contributed by atoms with Crippen molar-refractivity contribution < 1.29 is 29.5 Å². The fraction of sp³-hybridized carbons (Fsp3) is 0.400. The number of ether oxygens (including phenoxy) is 3. The summed E-state index contributed by atoms with van der Waals surface area (Å²) in [7, 11) is 2.99. The molecule has 0 aliphatic carbocycles. The topological polar surface area (TPSA) is 88.4 Å². The summed E-state index contributed by atoms with van der Waals surface area (Å²) < 4.78 is 15.9. The van der Waals surface area contributed by atoms with Crippen LogP contribution in [0.3, 0.4) is 0 Å². The van der Waals surface area contributed by atoms with Crippen molar-refractivity contribution >= 4 is 0 Å². The Labute approximate surface area is 152 Å². The molecule has 0 unspecified atom stereocenters. The van der Waals surface area contributed by atoms with Crippen molar-refractivity contribution in [3.05, 3.63) is 47.5 Å². The van der Waals surface area contributed by atoms with E-state index in [2.05, 4.69) is 0 Å². The Balaban J connectivity index is 1.77. The maximum atomic E-state index is 10.8. The molecule has 140 valence electrons. The summed E-state index contributed by atoms with van der Waals surface area (Å²) in [5, 5.41) is 30.3. The van der Waals surface area contributed by atoms with Crippen LogP contribution in [0.4, 0.5) is 0 Å². The van der Waals surface area contributed by atoms with Gasteiger partial charge in [0.15, 0.2) is 23.0 Å². The van der Waals surface area contributed by atoms with Crippen LogP contribution in [0.1, 0.15) is 17.2 Å². The van der Waals surface area contributed by atoms with E-state index in [9.17, 15) is 15.3 Å². The lowest BCUT2D eigenvalue weighted by Crippen LogP contribution is -2.22. The van der Waals surface area contributed by atoms with Crippen LogP contribution in [0.15, 0.2) is 36.4 Å². The molecule has 3 rings (SSSR count). The number of hydrogen-bond acceptors (Lipinski definition) is 6. The number of aliphatic hydroxyl groups is 1. The second-order valence-electron chi connectivity index (χ2n) is 6.55. The Morgan fingerprint density at radius 1 is 1.00 bits per heavy atom. The minimum Gasteiger partial charge on any atom is -0.504 e. The van der Waals surface area contributed by atoms with Crippen LogP contribution in [-0.4, -0.2) is 42.8 Å². The van der Waals surface area contributed by atoms with Crippen LogP contribution in [0.25, 0.3) is 0 Å². The third kappa shape index (κ3) is 3.71. The SMILES string of the molecule is COc1cc(C[C@H]2COC[C@@H]2[C@@H](O)c2ccc(O)c(OC)c2)ccc1O. The Morgan fingerprint density at radius 2 is 1.65 bits per heavy atom. The first kappa shape index (κ1) is 18.4. The van der Waals surface area contributed by atoms with Crippen LogP contribution in [0.5, 0.6) is 23.0 Å². The van der Waals surface area contributed by atoms with Crippen molar-refractivity contribution in [1.82, 2.24) is 0 Å². The molecular weight excluding hydrogens is 336 g/mol. The third-order valence-corrected chi connectivity index (χ3v) is 4.94. The number of phenolic OH excluding ortho intramolecular Hbond substituents is 2. The van der Waals surface area contributed by atoms with Gasteiger partial charge in [0.1, 0.15) is 0 Å². The van der Waals surface area contributed by atoms with Crippen molar-refractivity contribution in [2.75, 3.05) is 27.4 Å². The fourth-order valence-electron chi connectivity index (χ4n) is 3.45. The van der Waals surface area contributed by atoms with Crippen molar-refractivity contribution in [2.24, 2.45) is 11.8 Å². The van der Waals surface area contributed by atoms with Crippen LogP contribution < -0.4 is 9.47 Å². The van der Waals surface area contributed by atoms with Gasteiger partial charge in [-0.15, -0.1) is 0 Å². The maximum Gasteiger partial charge on any atom is 0.160 e. The zero-order valence-corrected chi connectivity index (χ0v) is 14.9. The van der Waals surface area contributed by atoms with Crippen molar-refractivity contribution in [3.8, 4) is 23.0 Å². The normalized spacial score (nSPS) is 20.7. The molecule has 1 aliphatic rings. The highest BCUT2D eigenvalue weighted by atomic mass is 16.5. The molecular formula is C20H24O6. The van der Waals surface area contributed by atoms with Gasteiger partial charge in [0, 0.05) is 5.92 Å². The summed E-state index contributed by atoms with van der Waals surface area (Å²) in [6.07, 6.45) is -0.0239. The van der Waals surface area contributed by atoms with Gasteiger partial charge in [0.05, 0.1) is 33.5 Å². The average molecular weight is 360 g/mol. The first-order valence-corrected chi connectivity index (χ1v) is 8.52. The summed E-state index contributed by atoms with van der Waals surface area (Å²) in [6.45, 7) is 1.02. The molecule has 0 bridgehead atoms. The smallest absolute Gasteiger partial charge is 0.160 e. The lowest BCUT2D eigenvalue weighted by molar-refractivity contribution is 0.0809. The Morgan fingerprint density at radius 3 is 2.35 bits per heavy atom. The first-order chi connectivity index (χ1) is 12.5. The van der Waals surface area contributed by atoms with E-state index in [1.165, 1.54) is 20.3 Å². The molecule has 0 radical (unpaired) electrons. The highest BCUT2D eigenvalue weighted by Crippen LogP contribution is 2.38. The fourth-order valence-corrected chi connectivity index (χ4v) is 3.45. The highest BCUT2D eigenvalue weighted by molar-refractivity contribution is 5.43. The van der Waals surface area contributed by atoms with E-state index < -0.39 is 6.10 Å². The van der Waals surface area contributed by atoms with Crippen LogP contribution >= 0.6 is 0 Å². The molecule has 0 spiro atoms. The standard InChI is InChI=1S/C20H24O6/c1-24-18-8-12(3-5-16(18)21)7-14-10-26-11-15(14)20(23)13-4-6-17(22)19(9-13)25-2/h3-6,8-9,14-15,20-23H,7,10-11H2,1-2H3/t14-,15-,20-/m0/s1. The van der Waals surface area contributed by atoms with Crippen LogP contribution in [0, 0.1) is 11.8 Å². The zero-order valence-electron chi connectivity index (χ0n) is 14.9. The number of rotatable bonds is 6. The first-order valence-electron chi connectivity index (χ1n) is 8.52. The molecule has 3 atom stereocenters. The van der Waals surface area contributed by atoms with Gasteiger partial charge in [-0.2, -0.15) is 0 Å². The summed E-state index contributed by atoms with van der Waals surface area (Å²) in [5.41, 5.74) is 1.69. The molecule has 0 aromatic heterocycles. The molecule has 1 fully saturated rings. The quantitative estimate of drug-likeness (QED) is 0.734. The van der Waals surface area contributed by atoms with Gasteiger partial charge in [-0.25, -0.2) is 0 Å². The minimum atomic E-state index is -0.726. The van der Waals surface area contributed by atoms with E-state index >= 15 is 0 Å². The molecule has 3 N–H and O–H groups in total. The zero-order chi connectivity index (χ0) is 18.7. The lowest BCUT2D eigenvalue weighted by atomic mass is 9.83. The number of aliphatic hydroxyl groups excluding tert-OH is 1. The summed E-state index contributed by atoms with van der Waals surface area (Å²) in [6, 6.07) is 10.1. The summed E-state index contributed by atoms with van der Waals surface area (Å²) >= 11 is 0. The molecule has 2 aromatic rings. The molecule has 1 aliphatic heterocycles. The van der Waals surface area contributed by atoms with Gasteiger partial charge in [-0.1, -0.05) is 12.1 Å². The number of hydrogen-bond donors (Lipinski definition) is 3. The largest absolute Gasteiger partial charge is 0.504 e. The van der Waals surface area contributed by atoms with Crippen molar-refractivity contribution in [1.29, 1.82) is 0 Å². The van der Waals surface area contributed by atoms with Crippen molar-refractivity contribution in [2.45, 2.75) is 12.5 Å². The minimum absolute atomic E-state index is 0.0406. The lowest BCUT2D eigenvalue weighted by Gasteiger charge is -2.24. The Kier molecular flexibility index (Phi) is 5.54. The molecule has 6 heteroatoms. The van der Waals surface area contributed by atoms with E-state index in [0.717, 1.165) is 5.56 Å². The molecule has 0 saturated carbocycles. The predicted octanol–water partition coefficient (Wildman–Crippen LogP) is 2.65. The maximum absolute atomic E-state index is 10.8. The molecule has 1 saturated heterocycles. The average Bonchev–Trinajstić information content (AvgIpc) is 3.11. The monoisotopic (exact) mass is 360 g/mol. The van der Waals surface area contributed by atoms with Crippen molar-refractivity contribution in [3.63, 3.8) is 0 Å². The number of phenols is 2. The van der Waals surface area contributed by atoms with Gasteiger partial charge >= 0.3 is 0 Å². The second-order valence-corrected chi connectivity index (χ2v) is 6.55. The van der Waals surface area contributed by atoms with E-state index in [1.54, 1.807) is 24.3 Å². The number of aromatic hydroxyl groups is 2. The molecule has 2 aromatic carbocycles. The van der Waals surface area contributed by atoms with Crippen LogP contribution in [-0.2, 0) is 11.2 Å². The van der Waals surface area contributed by atoms with E-state index in [-0.39, 0.29) is 23.3 Å². The molecule has 6 nitrogen and oxygen atoms in total. The Hall–Kier alpha value is -2.44. The van der Waals surface area contributed by atoms with E-state index in [0.29, 0.717) is 36.7 Å². The van der Waals surface area contributed by atoms with Gasteiger partial charge in [0.2, 0.25) is 0 Å². The number of benzene rings is 2. The number of methoxy groups -OCH3 is 2. The van der Waals surface area contributed by atoms with Gasteiger partial charge in [0.25, 0.3) is 0 Å². The molecule has 26 heavy (non-hydrogen) atoms. The van der Waals surface area contributed by atoms with E-state index in [1.807, 2.05) is 6.07 Å².